The van der Waals surface area contributed by atoms with Crippen molar-refractivity contribution in [3.8, 4) is 23.1 Å². The summed E-state index contributed by atoms with van der Waals surface area (Å²) in [5.74, 6) is 0.919. The van der Waals surface area contributed by atoms with Crippen molar-refractivity contribution in [1.82, 2.24) is 15.3 Å². The Kier molecular flexibility index (Phi) is 6.00. The lowest BCUT2D eigenvalue weighted by Crippen LogP contribution is -2.29. The lowest BCUT2D eigenvalue weighted by Gasteiger charge is -2.12. The highest BCUT2D eigenvalue weighted by Gasteiger charge is 2.13. The average molecular weight is 403 g/mol. The van der Waals surface area contributed by atoms with E-state index in [4.69, 9.17) is 21.1 Å². The van der Waals surface area contributed by atoms with Crippen LogP contribution in [0.15, 0.2) is 36.7 Å². The number of carbonyl (C=O) groups excluding carboxylic acids is 1. The Morgan fingerprint density at radius 3 is 2.79 bits per heavy atom. The van der Waals surface area contributed by atoms with Crippen molar-refractivity contribution >= 4 is 34.2 Å². The molecule has 3 aromatic rings. The number of benzene rings is 2. The van der Waals surface area contributed by atoms with Crippen molar-refractivity contribution < 1.29 is 19.4 Å². The number of aromatic hydroxyl groups is 1. The normalized spacial score (nSPS) is 10.5. The molecule has 1 heterocycles. The molecule has 0 saturated carbocycles. The van der Waals surface area contributed by atoms with Crippen molar-refractivity contribution in [3.63, 3.8) is 0 Å². The molecule has 0 bridgehead atoms. The second-order valence-electron chi connectivity index (χ2n) is 5.84. The molecule has 28 heavy (non-hydrogen) atoms. The van der Waals surface area contributed by atoms with Gasteiger partial charge in [-0.2, -0.15) is 0 Å². The van der Waals surface area contributed by atoms with Gasteiger partial charge in [-0.15, -0.1) is 0 Å². The summed E-state index contributed by atoms with van der Waals surface area (Å²) in [5, 5.41) is 16.2. The molecule has 0 aliphatic heterocycles. The molecule has 0 fully saturated rings. The third kappa shape index (κ3) is 4.34. The number of nitrogens with one attached hydrogen (secondary N) is 2. The quantitative estimate of drug-likeness (QED) is 0.567. The third-order valence-electron chi connectivity index (χ3n) is 3.84. The minimum absolute atomic E-state index is 0.0506. The minimum Gasteiger partial charge on any atom is -0.504 e. The molecule has 0 radical (unpaired) electrons. The lowest BCUT2D eigenvalue weighted by atomic mass is 10.2. The fourth-order valence-corrected chi connectivity index (χ4v) is 2.69. The van der Waals surface area contributed by atoms with Gasteiger partial charge in [-0.1, -0.05) is 18.5 Å². The number of fused-ring (bicyclic) bond motifs is 1. The molecule has 0 aliphatic carbocycles. The maximum Gasteiger partial charge on any atom is 0.319 e. The van der Waals surface area contributed by atoms with E-state index in [9.17, 15) is 9.90 Å². The smallest absolute Gasteiger partial charge is 0.319 e. The van der Waals surface area contributed by atoms with Crippen LogP contribution in [0.25, 0.3) is 10.9 Å². The number of methoxy groups -OCH3 is 1. The first-order valence-corrected chi connectivity index (χ1v) is 8.93. The molecule has 3 rings (SSSR count). The minimum atomic E-state index is -0.330. The number of carbonyl (C=O) groups is 1. The predicted octanol–water partition coefficient (Wildman–Crippen LogP) is 4.32. The van der Waals surface area contributed by atoms with Gasteiger partial charge in [0.1, 0.15) is 12.1 Å². The van der Waals surface area contributed by atoms with E-state index in [1.165, 1.54) is 19.5 Å². The molecule has 146 valence electrons. The Bertz CT molecular complexity index is 1010. The topological polar surface area (TPSA) is 106 Å². The zero-order valence-electron chi connectivity index (χ0n) is 15.3. The van der Waals surface area contributed by atoms with Gasteiger partial charge in [-0.25, -0.2) is 14.8 Å². The van der Waals surface area contributed by atoms with Crippen molar-refractivity contribution in [3.05, 3.63) is 41.7 Å². The summed E-state index contributed by atoms with van der Waals surface area (Å²) in [4.78, 5) is 20.1. The van der Waals surface area contributed by atoms with Crippen LogP contribution >= 0.6 is 11.6 Å². The summed E-state index contributed by atoms with van der Waals surface area (Å²) < 4.78 is 10.9. The number of anilines is 1. The van der Waals surface area contributed by atoms with E-state index in [2.05, 4.69) is 20.6 Å². The lowest BCUT2D eigenvalue weighted by molar-refractivity contribution is 0.252. The van der Waals surface area contributed by atoms with Gasteiger partial charge in [0.25, 0.3) is 0 Å². The van der Waals surface area contributed by atoms with Crippen molar-refractivity contribution in [2.45, 2.75) is 13.3 Å². The van der Waals surface area contributed by atoms with E-state index >= 15 is 0 Å². The van der Waals surface area contributed by atoms with Crippen LogP contribution in [-0.2, 0) is 0 Å². The predicted molar refractivity (Wildman–Crippen MR) is 107 cm³/mol. The number of nitrogens with zero attached hydrogens (tertiary/aromatic N) is 2. The van der Waals surface area contributed by atoms with Gasteiger partial charge in [0, 0.05) is 18.7 Å². The first-order chi connectivity index (χ1) is 13.5. The molecule has 0 spiro atoms. The first-order valence-electron chi connectivity index (χ1n) is 8.55. The van der Waals surface area contributed by atoms with Gasteiger partial charge in [0.05, 0.1) is 28.7 Å². The molecule has 2 aromatic carbocycles. The number of phenols is 1. The summed E-state index contributed by atoms with van der Waals surface area (Å²) in [7, 11) is 1.46. The Morgan fingerprint density at radius 1 is 1.25 bits per heavy atom. The highest BCUT2D eigenvalue weighted by Crippen LogP contribution is 2.36. The molecule has 3 N–H and O–H groups in total. The number of ether oxygens (including phenoxy) is 2. The van der Waals surface area contributed by atoms with E-state index in [0.29, 0.717) is 39.7 Å². The number of amides is 2. The van der Waals surface area contributed by atoms with E-state index in [-0.39, 0.29) is 17.7 Å². The molecule has 0 atom stereocenters. The van der Waals surface area contributed by atoms with Crippen LogP contribution < -0.4 is 20.1 Å². The largest absolute Gasteiger partial charge is 0.504 e. The standard InChI is InChI=1S/C19H19ClN4O4/c1-3-6-21-19(26)24-14-5-4-11(7-13(14)20)28-18-12-8-16(25)17(27-2)9-15(12)22-10-23-18/h4-5,7-10,25H,3,6H2,1-2H3,(H2,21,24,26). The van der Waals surface area contributed by atoms with E-state index in [1.54, 1.807) is 24.3 Å². The Labute approximate surface area is 166 Å². The zero-order chi connectivity index (χ0) is 20.1. The summed E-state index contributed by atoms with van der Waals surface area (Å²) in [6.07, 6.45) is 2.19. The van der Waals surface area contributed by atoms with E-state index in [1.807, 2.05) is 6.92 Å². The van der Waals surface area contributed by atoms with Crippen LogP contribution in [0.5, 0.6) is 23.1 Å². The summed E-state index contributed by atoms with van der Waals surface area (Å²) in [6, 6.07) is 7.58. The average Bonchev–Trinajstić information content (AvgIpc) is 2.68. The maximum absolute atomic E-state index is 11.8. The summed E-state index contributed by atoms with van der Waals surface area (Å²) >= 11 is 6.24. The number of aromatic nitrogens is 2. The number of rotatable bonds is 6. The molecule has 8 nitrogen and oxygen atoms in total. The fourth-order valence-electron chi connectivity index (χ4n) is 2.47. The van der Waals surface area contributed by atoms with Crippen LogP contribution in [0, 0.1) is 0 Å². The van der Waals surface area contributed by atoms with Crippen LogP contribution in [0.1, 0.15) is 13.3 Å². The zero-order valence-corrected chi connectivity index (χ0v) is 16.1. The van der Waals surface area contributed by atoms with Gasteiger partial charge in [-0.05, 0) is 24.6 Å². The van der Waals surface area contributed by atoms with E-state index < -0.39 is 0 Å². The van der Waals surface area contributed by atoms with Gasteiger partial charge in [0.15, 0.2) is 11.5 Å². The number of halogens is 1. The molecule has 9 heteroatoms. The third-order valence-corrected chi connectivity index (χ3v) is 4.15. The summed E-state index contributed by atoms with van der Waals surface area (Å²) in [5.41, 5.74) is 1.01. The monoisotopic (exact) mass is 402 g/mol. The summed E-state index contributed by atoms with van der Waals surface area (Å²) in [6.45, 7) is 2.54. The number of urea groups is 1. The first kappa shape index (κ1) is 19.5. The Morgan fingerprint density at radius 2 is 2.07 bits per heavy atom. The highest BCUT2D eigenvalue weighted by atomic mass is 35.5. The van der Waals surface area contributed by atoms with Crippen LogP contribution in [0.3, 0.4) is 0 Å². The van der Waals surface area contributed by atoms with Crippen LogP contribution in [0.2, 0.25) is 5.02 Å². The van der Waals surface area contributed by atoms with Crippen molar-refractivity contribution in [2.24, 2.45) is 0 Å². The molecular weight excluding hydrogens is 384 g/mol. The van der Waals surface area contributed by atoms with Crippen molar-refractivity contribution in [2.75, 3.05) is 19.0 Å². The molecule has 0 saturated heterocycles. The van der Waals surface area contributed by atoms with Gasteiger partial charge < -0.3 is 25.2 Å². The molecule has 0 unspecified atom stereocenters. The van der Waals surface area contributed by atoms with Gasteiger partial charge >= 0.3 is 6.03 Å². The second kappa shape index (κ2) is 8.62. The van der Waals surface area contributed by atoms with E-state index in [0.717, 1.165) is 6.42 Å². The molecule has 2 amide bonds. The van der Waals surface area contributed by atoms with Gasteiger partial charge in [0.2, 0.25) is 5.88 Å². The number of hydrogen-bond donors (Lipinski definition) is 3. The molecule has 1 aromatic heterocycles. The maximum atomic E-state index is 11.8. The second-order valence-corrected chi connectivity index (χ2v) is 6.25. The highest BCUT2D eigenvalue weighted by molar-refractivity contribution is 6.33. The molecular formula is C19H19ClN4O4. The van der Waals surface area contributed by atoms with Crippen LogP contribution in [0.4, 0.5) is 10.5 Å². The SMILES string of the molecule is CCCNC(=O)Nc1ccc(Oc2ncnc3cc(OC)c(O)cc23)cc1Cl. The Hall–Kier alpha value is -3.26. The fraction of sp³-hybridized carbons (Fsp3) is 0.211. The van der Waals surface area contributed by atoms with Crippen LogP contribution in [-0.4, -0.2) is 34.8 Å². The van der Waals surface area contributed by atoms with Gasteiger partial charge in [-0.3, -0.25) is 0 Å². The number of phenolic OH excluding ortho intramolecular Hbond substituents is 1. The molecule has 0 aliphatic rings. The number of hydrogen-bond acceptors (Lipinski definition) is 6. The Balaban J connectivity index is 1.83. The van der Waals surface area contributed by atoms with Crippen molar-refractivity contribution in [1.29, 1.82) is 0 Å².